The fourth-order valence-corrected chi connectivity index (χ4v) is 1.45. The summed E-state index contributed by atoms with van der Waals surface area (Å²) in [6.07, 6.45) is -0.178. The summed E-state index contributed by atoms with van der Waals surface area (Å²) in [5.74, 6) is 4.06. The Morgan fingerprint density at radius 3 is 2.57 bits per heavy atom. The number of nitrogens with one attached hydrogen (secondary N) is 1. The molecule has 1 aromatic carbocycles. The predicted molar refractivity (Wildman–Crippen MR) is 76.8 cm³/mol. The highest BCUT2D eigenvalue weighted by molar-refractivity contribution is 5.67. The van der Waals surface area contributed by atoms with Gasteiger partial charge in [-0.15, -0.1) is 0 Å². The van der Waals surface area contributed by atoms with Crippen molar-refractivity contribution in [1.29, 1.82) is 0 Å². The van der Waals surface area contributed by atoms with Crippen molar-refractivity contribution in [1.82, 2.24) is 5.32 Å². The van der Waals surface area contributed by atoms with Gasteiger partial charge in [-0.05, 0) is 39.3 Å². The predicted octanol–water partition coefficient (Wildman–Crippen LogP) is 3.54. The van der Waals surface area contributed by atoms with Crippen LogP contribution in [-0.2, 0) is 4.74 Å². The zero-order valence-corrected chi connectivity index (χ0v) is 12.6. The van der Waals surface area contributed by atoms with Gasteiger partial charge in [0.05, 0.1) is 5.56 Å². The molecule has 0 spiro atoms. The summed E-state index contributed by atoms with van der Waals surface area (Å²) in [6, 6.07) is 2.18. The molecular weight excluding hydrogens is 276 g/mol. The van der Waals surface area contributed by atoms with Gasteiger partial charge < -0.3 is 10.1 Å². The Morgan fingerprint density at radius 2 is 1.95 bits per heavy atom. The van der Waals surface area contributed by atoms with E-state index in [0.29, 0.717) is 18.5 Å². The van der Waals surface area contributed by atoms with E-state index in [1.165, 1.54) is 6.07 Å². The normalized spacial score (nSPS) is 10.6. The molecule has 21 heavy (non-hydrogen) atoms. The number of benzene rings is 1. The largest absolute Gasteiger partial charge is 0.444 e. The van der Waals surface area contributed by atoms with Crippen molar-refractivity contribution in [3.8, 4) is 11.8 Å². The second-order valence-corrected chi connectivity index (χ2v) is 5.56. The highest BCUT2D eigenvalue weighted by atomic mass is 19.1. The van der Waals surface area contributed by atoms with E-state index < -0.39 is 23.3 Å². The van der Waals surface area contributed by atoms with E-state index in [-0.39, 0.29) is 5.56 Å². The molecule has 0 aromatic heterocycles. The van der Waals surface area contributed by atoms with Crippen molar-refractivity contribution in [2.24, 2.45) is 0 Å². The van der Waals surface area contributed by atoms with E-state index in [4.69, 9.17) is 4.74 Å². The lowest BCUT2D eigenvalue weighted by Crippen LogP contribution is -2.32. The van der Waals surface area contributed by atoms with Crippen LogP contribution in [0, 0.1) is 30.4 Å². The van der Waals surface area contributed by atoms with Crippen LogP contribution in [0.5, 0.6) is 0 Å². The number of hydrogen-bond donors (Lipinski definition) is 1. The average molecular weight is 295 g/mol. The number of amides is 1. The minimum absolute atomic E-state index is 0.145. The summed E-state index contributed by atoms with van der Waals surface area (Å²) in [6.45, 7) is 7.15. The maximum absolute atomic E-state index is 13.4. The van der Waals surface area contributed by atoms with Gasteiger partial charge in [0.2, 0.25) is 0 Å². The second-order valence-electron chi connectivity index (χ2n) is 5.56. The van der Waals surface area contributed by atoms with Crippen LogP contribution in [0.4, 0.5) is 13.6 Å². The van der Waals surface area contributed by atoms with Crippen molar-refractivity contribution in [2.45, 2.75) is 39.7 Å². The Bertz CT molecular complexity index is 580. The fraction of sp³-hybridized carbons (Fsp3) is 0.438. The maximum Gasteiger partial charge on any atom is 0.407 e. The average Bonchev–Trinajstić information content (AvgIpc) is 2.32. The van der Waals surface area contributed by atoms with Crippen LogP contribution in [0.15, 0.2) is 12.1 Å². The van der Waals surface area contributed by atoms with Crippen LogP contribution in [-0.4, -0.2) is 18.2 Å². The number of halogens is 2. The van der Waals surface area contributed by atoms with Crippen LogP contribution < -0.4 is 5.32 Å². The Morgan fingerprint density at radius 1 is 1.29 bits per heavy atom. The third-order valence-electron chi connectivity index (χ3n) is 2.39. The fourth-order valence-electron chi connectivity index (χ4n) is 1.45. The molecule has 0 heterocycles. The van der Waals surface area contributed by atoms with Gasteiger partial charge in [-0.3, -0.25) is 0 Å². The topological polar surface area (TPSA) is 38.3 Å². The number of alkyl carbamates (subject to hydrolysis) is 1. The molecule has 114 valence electrons. The molecule has 1 aromatic rings. The Labute approximate surface area is 123 Å². The summed E-state index contributed by atoms with van der Waals surface area (Å²) >= 11 is 0. The standard InChI is InChI=1S/C16H19F2NO2/c1-11-9-12(14(18)10-13(11)17)7-5-6-8-19-15(20)21-16(2,3)4/h9-10H,6,8H2,1-4H3,(H,19,20). The SMILES string of the molecule is Cc1cc(C#CCCNC(=O)OC(C)(C)C)c(F)cc1F. The highest BCUT2D eigenvalue weighted by Gasteiger charge is 2.15. The molecule has 0 aliphatic heterocycles. The summed E-state index contributed by atoms with van der Waals surface area (Å²) < 4.78 is 31.5. The number of aryl methyl sites for hydroxylation is 1. The lowest BCUT2D eigenvalue weighted by molar-refractivity contribution is 0.0529. The molecule has 0 bridgehead atoms. The number of rotatable bonds is 2. The van der Waals surface area contributed by atoms with E-state index in [2.05, 4.69) is 17.2 Å². The van der Waals surface area contributed by atoms with Crippen LogP contribution in [0.25, 0.3) is 0 Å². The molecule has 0 saturated heterocycles. The lowest BCUT2D eigenvalue weighted by atomic mass is 10.1. The maximum atomic E-state index is 13.4. The van der Waals surface area contributed by atoms with Crippen LogP contribution >= 0.6 is 0 Å². The molecule has 3 nitrogen and oxygen atoms in total. The first-order valence-electron chi connectivity index (χ1n) is 6.60. The van der Waals surface area contributed by atoms with E-state index >= 15 is 0 Å². The van der Waals surface area contributed by atoms with Gasteiger partial charge >= 0.3 is 6.09 Å². The zero-order chi connectivity index (χ0) is 16.0. The van der Waals surface area contributed by atoms with Crippen LogP contribution in [0.2, 0.25) is 0 Å². The minimum atomic E-state index is -0.689. The number of ether oxygens (including phenoxy) is 1. The second kappa shape index (κ2) is 7.07. The molecule has 0 saturated carbocycles. The molecule has 0 unspecified atom stereocenters. The van der Waals surface area contributed by atoms with Crippen LogP contribution in [0.3, 0.4) is 0 Å². The van der Waals surface area contributed by atoms with Crippen molar-refractivity contribution in [3.63, 3.8) is 0 Å². The van der Waals surface area contributed by atoms with Gasteiger partial charge in [-0.1, -0.05) is 11.8 Å². The van der Waals surface area contributed by atoms with E-state index in [1.807, 2.05) is 0 Å². The molecular formula is C16H19F2NO2. The van der Waals surface area contributed by atoms with Gasteiger partial charge in [0.1, 0.15) is 17.2 Å². The first-order chi connectivity index (χ1) is 9.69. The Kier molecular flexibility index (Phi) is 5.71. The summed E-state index contributed by atoms with van der Waals surface area (Å²) in [5, 5.41) is 2.54. The Balaban J connectivity index is 2.48. The third-order valence-corrected chi connectivity index (χ3v) is 2.39. The molecule has 0 fully saturated rings. The van der Waals surface area contributed by atoms with Gasteiger partial charge in [0, 0.05) is 19.0 Å². The van der Waals surface area contributed by atoms with Crippen molar-refractivity contribution in [3.05, 3.63) is 34.9 Å². The summed E-state index contributed by atoms with van der Waals surface area (Å²) in [4.78, 5) is 11.3. The molecule has 1 rings (SSSR count). The zero-order valence-electron chi connectivity index (χ0n) is 12.6. The van der Waals surface area contributed by atoms with E-state index in [1.54, 1.807) is 27.7 Å². The smallest absolute Gasteiger partial charge is 0.407 e. The number of carbonyl (C=O) groups is 1. The first-order valence-corrected chi connectivity index (χ1v) is 6.60. The van der Waals surface area contributed by atoms with Gasteiger partial charge in [0.15, 0.2) is 0 Å². The summed E-state index contributed by atoms with van der Waals surface area (Å²) in [5.41, 5.74) is -0.0661. The third kappa shape index (κ3) is 6.26. The molecule has 5 heteroatoms. The van der Waals surface area contributed by atoms with E-state index in [0.717, 1.165) is 6.07 Å². The lowest BCUT2D eigenvalue weighted by Gasteiger charge is -2.19. The first kappa shape index (κ1) is 17.0. The van der Waals surface area contributed by atoms with Crippen molar-refractivity contribution < 1.29 is 18.3 Å². The number of hydrogen-bond acceptors (Lipinski definition) is 2. The van der Waals surface area contributed by atoms with Gasteiger partial charge in [0.25, 0.3) is 0 Å². The molecule has 1 amide bonds. The molecule has 0 aliphatic carbocycles. The van der Waals surface area contributed by atoms with Crippen molar-refractivity contribution in [2.75, 3.05) is 6.54 Å². The minimum Gasteiger partial charge on any atom is -0.444 e. The van der Waals surface area contributed by atoms with E-state index in [9.17, 15) is 13.6 Å². The van der Waals surface area contributed by atoms with Crippen molar-refractivity contribution >= 4 is 6.09 Å². The Hall–Kier alpha value is -2.09. The summed E-state index contributed by atoms with van der Waals surface area (Å²) in [7, 11) is 0. The monoisotopic (exact) mass is 295 g/mol. The van der Waals surface area contributed by atoms with Gasteiger partial charge in [-0.25, -0.2) is 13.6 Å². The molecule has 0 aliphatic rings. The van der Waals surface area contributed by atoms with Gasteiger partial charge in [-0.2, -0.15) is 0 Å². The molecule has 0 radical (unpaired) electrons. The number of carbonyl (C=O) groups excluding carboxylic acids is 1. The molecule has 1 N–H and O–H groups in total. The van der Waals surface area contributed by atoms with Crippen LogP contribution in [0.1, 0.15) is 38.3 Å². The molecule has 0 atom stereocenters. The quantitative estimate of drug-likeness (QED) is 0.669. The highest BCUT2D eigenvalue weighted by Crippen LogP contribution is 2.13.